The molecule has 1 aromatic carbocycles. The summed E-state index contributed by atoms with van der Waals surface area (Å²) in [4.78, 5) is 10.4. The number of benzene rings is 1. The van der Waals surface area contributed by atoms with Crippen molar-refractivity contribution < 1.29 is 14.4 Å². The van der Waals surface area contributed by atoms with Crippen LogP contribution in [0.2, 0.25) is 0 Å². The first kappa shape index (κ1) is 14.4. The standard InChI is InChI=1S/C13H17N3O4/c1-3-19-13(20-4-2)9-15-12-7-11(16(17)18)6-5-10(12)8-14-15/h5-8,13H,3-4,9H2,1-2H3. The van der Waals surface area contributed by atoms with Crippen LogP contribution in [-0.4, -0.2) is 34.2 Å². The number of hydrogen-bond acceptors (Lipinski definition) is 5. The van der Waals surface area contributed by atoms with Gasteiger partial charge in [0, 0.05) is 30.7 Å². The highest BCUT2D eigenvalue weighted by Crippen LogP contribution is 2.21. The van der Waals surface area contributed by atoms with Crippen LogP contribution in [-0.2, 0) is 16.0 Å². The van der Waals surface area contributed by atoms with Gasteiger partial charge in [-0.3, -0.25) is 14.8 Å². The molecule has 108 valence electrons. The summed E-state index contributed by atoms with van der Waals surface area (Å²) in [5.74, 6) is 0. The molecule has 0 saturated heterocycles. The summed E-state index contributed by atoms with van der Waals surface area (Å²) in [5, 5.41) is 15.9. The topological polar surface area (TPSA) is 79.4 Å². The molecule has 0 fully saturated rings. The van der Waals surface area contributed by atoms with E-state index in [0.29, 0.717) is 25.3 Å². The van der Waals surface area contributed by atoms with Crippen molar-refractivity contribution in [1.29, 1.82) is 0 Å². The van der Waals surface area contributed by atoms with Crippen LogP contribution < -0.4 is 0 Å². The van der Waals surface area contributed by atoms with Crippen molar-refractivity contribution in [3.63, 3.8) is 0 Å². The molecule has 2 rings (SSSR count). The SMILES string of the molecule is CCOC(Cn1ncc2ccc([N+](=O)[O-])cc21)OCC. The maximum atomic E-state index is 10.8. The van der Waals surface area contributed by atoms with Gasteiger partial charge in [-0.1, -0.05) is 0 Å². The zero-order valence-corrected chi connectivity index (χ0v) is 11.5. The summed E-state index contributed by atoms with van der Waals surface area (Å²) < 4.78 is 12.6. The lowest BCUT2D eigenvalue weighted by atomic mass is 10.2. The predicted molar refractivity (Wildman–Crippen MR) is 73.4 cm³/mol. The molecule has 0 radical (unpaired) electrons. The minimum absolute atomic E-state index is 0.0450. The quantitative estimate of drug-likeness (QED) is 0.441. The van der Waals surface area contributed by atoms with E-state index in [4.69, 9.17) is 9.47 Å². The minimum atomic E-state index is -0.417. The smallest absolute Gasteiger partial charge is 0.271 e. The fourth-order valence-electron chi connectivity index (χ4n) is 1.98. The summed E-state index contributed by atoms with van der Waals surface area (Å²) in [5.41, 5.74) is 0.743. The van der Waals surface area contributed by atoms with E-state index in [9.17, 15) is 10.1 Å². The maximum Gasteiger partial charge on any atom is 0.271 e. The molecule has 2 aromatic rings. The predicted octanol–water partition coefficient (Wildman–Crippen LogP) is 2.34. The van der Waals surface area contributed by atoms with Gasteiger partial charge < -0.3 is 9.47 Å². The lowest BCUT2D eigenvalue weighted by Crippen LogP contribution is -2.24. The number of non-ortho nitro benzene ring substituents is 1. The Labute approximate surface area is 116 Å². The second kappa shape index (κ2) is 6.44. The van der Waals surface area contributed by atoms with E-state index in [1.54, 1.807) is 16.9 Å². The van der Waals surface area contributed by atoms with Crippen LogP contribution in [0.3, 0.4) is 0 Å². The van der Waals surface area contributed by atoms with Gasteiger partial charge in [0.15, 0.2) is 6.29 Å². The van der Waals surface area contributed by atoms with Crippen LogP contribution >= 0.6 is 0 Å². The van der Waals surface area contributed by atoms with Crippen molar-refractivity contribution >= 4 is 16.6 Å². The summed E-state index contributed by atoms with van der Waals surface area (Å²) in [7, 11) is 0. The van der Waals surface area contributed by atoms with Crippen LogP contribution in [0.1, 0.15) is 13.8 Å². The highest BCUT2D eigenvalue weighted by Gasteiger charge is 2.14. The maximum absolute atomic E-state index is 10.8. The van der Waals surface area contributed by atoms with E-state index >= 15 is 0 Å². The van der Waals surface area contributed by atoms with Crippen molar-refractivity contribution in [2.45, 2.75) is 26.7 Å². The Balaban J connectivity index is 2.28. The highest BCUT2D eigenvalue weighted by atomic mass is 16.7. The third kappa shape index (κ3) is 3.12. The third-order valence-corrected chi connectivity index (χ3v) is 2.87. The molecule has 0 aliphatic heterocycles. The van der Waals surface area contributed by atoms with E-state index in [1.807, 2.05) is 13.8 Å². The van der Waals surface area contributed by atoms with Crippen molar-refractivity contribution in [3.8, 4) is 0 Å². The molecule has 1 heterocycles. The summed E-state index contributed by atoms with van der Waals surface area (Å²) in [6.45, 7) is 5.23. The van der Waals surface area contributed by atoms with Crippen molar-refractivity contribution in [2.24, 2.45) is 0 Å². The molecule has 0 spiro atoms. The van der Waals surface area contributed by atoms with Gasteiger partial charge >= 0.3 is 0 Å². The zero-order chi connectivity index (χ0) is 14.5. The number of rotatable bonds is 7. The molecule has 7 nitrogen and oxygen atoms in total. The Kier molecular flexibility index (Phi) is 4.65. The van der Waals surface area contributed by atoms with E-state index < -0.39 is 11.2 Å². The van der Waals surface area contributed by atoms with E-state index in [1.165, 1.54) is 12.1 Å². The number of nitrogens with zero attached hydrogens (tertiary/aromatic N) is 3. The average molecular weight is 279 g/mol. The second-order valence-corrected chi connectivity index (χ2v) is 4.17. The van der Waals surface area contributed by atoms with Gasteiger partial charge in [0.1, 0.15) is 0 Å². The number of ether oxygens (including phenoxy) is 2. The van der Waals surface area contributed by atoms with Gasteiger partial charge in [0.25, 0.3) is 5.69 Å². The first-order valence-electron chi connectivity index (χ1n) is 6.48. The monoisotopic (exact) mass is 279 g/mol. The second-order valence-electron chi connectivity index (χ2n) is 4.17. The summed E-state index contributed by atoms with van der Waals surface area (Å²) in [6.07, 6.45) is 1.26. The molecule has 0 N–H and O–H groups in total. The molecule has 0 saturated carbocycles. The zero-order valence-electron chi connectivity index (χ0n) is 11.5. The molecule has 20 heavy (non-hydrogen) atoms. The van der Waals surface area contributed by atoms with E-state index in [2.05, 4.69) is 5.10 Å². The highest BCUT2D eigenvalue weighted by molar-refractivity contribution is 5.80. The molecule has 0 atom stereocenters. The Bertz CT molecular complexity index is 590. The van der Waals surface area contributed by atoms with Crippen molar-refractivity contribution in [1.82, 2.24) is 9.78 Å². The van der Waals surface area contributed by atoms with Crippen LogP contribution in [0.15, 0.2) is 24.4 Å². The Hall–Kier alpha value is -1.99. The van der Waals surface area contributed by atoms with E-state index in [0.717, 1.165) is 5.39 Å². The summed E-state index contributed by atoms with van der Waals surface area (Å²) in [6, 6.07) is 4.67. The number of nitro groups is 1. The summed E-state index contributed by atoms with van der Waals surface area (Å²) >= 11 is 0. The molecule has 0 amide bonds. The van der Waals surface area contributed by atoms with Crippen LogP contribution in [0, 0.1) is 10.1 Å². The van der Waals surface area contributed by atoms with E-state index in [-0.39, 0.29) is 5.69 Å². The number of aromatic nitrogens is 2. The molecular weight excluding hydrogens is 262 g/mol. The van der Waals surface area contributed by atoms with Crippen LogP contribution in [0.4, 0.5) is 5.69 Å². The lowest BCUT2D eigenvalue weighted by Gasteiger charge is -2.17. The van der Waals surface area contributed by atoms with Gasteiger partial charge in [0.05, 0.1) is 23.2 Å². The number of hydrogen-bond donors (Lipinski definition) is 0. The van der Waals surface area contributed by atoms with Gasteiger partial charge in [-0.05, 0) is 19.9 Å². The van der Waals surface area contributed by atoms with Gasteiger partial charge in [0.2, 0.25) is 0 Å². The molecule has 0 aliphatic carbocycles. The third-order valence-electron chi connectivity index (χ3n) is 2.87. The Morgan fingerprint density at radius 1 is 1.35 bits per heavy atom. The average Bonchev–Trinajstić information content (AvgIpc) is 2.82. The molecule has 1 aromatic heterocycles. The van der Waals surface area contributed by atoms with Crippen LogP contribution in [0.25, 0.3) is 10.9 Å². The fourth-order valence-corrected chi connectivity index (χ4v) is 1.98. The molecule has 7 heteroatoms. The Morgan fingerprint density at radius 2 is 2.05 bits per heavy atom. The first-order valence-corrected chi connectivity index (χ1v) is 6.48. The fraction of sp³-hybridized carbons (Fsp3) is 0.462. The van der Waals surface area contributed by atoms with Crippen LogP contribution in [0.5, 0.6) is 0 Å². The van der Waals surface area contributed by atoms with Crippen molar-refractivity contribution in [3.05, 3.63) is 34.5 Å². The van der Waals surface area contributed by atoms with Gasteiger partial charge in [-0.15, -0.1) is 0 Å². The molecule has 0 bridgehead atoms. The lowest BCUT2D eigenvalue weighted by molar-refractivity contribution is -0.384. The first-order chi connectivity index (χ1) is 9.65. The molecular formula is C13H17N3O4. The van der Waals surface area contributed by atoms with Gasteiger partial charge in [-0.25, -0.2) is 0 Å². The van der Waals surface area contributed by atoms with Crippen molar-refractivity contribution in [2.75, 3.05) is 13.2 Å². The van der Waals surface area contributed by atoms with Gasteiger partial charge in [-0.2, -0.15) is 5.10 Å². The molecule has 0 unspecified atom stereocenters. The number of fused-ring (bicyclic) bond motifs is 1. The normalized spacial score (nSPS) is 11.3. The largest absolute Gasteiger partial charge is 0.351 e. The number of nitro benzene ring substituents is 1. The minimum Gasteiger partial charge on any atom is -0.351 e. The molecule has 0 aliphatic rings. The Morgan fingerprint density at radius 3 is 2.65 bits per heavy atom.